The third-order valence-corrected chi connectivity index (χ3v) is 3.54. The van der Waals surface area contributed by atoms with E-state index in [1.807, 2.05) is 35.5 Å². The van der Waals surface area contributed by atoms with Crippen LogP contribution in [0.2, 0.25) is 0 Å². The Morgan fingerprint density at radius 3 is 3.06 bits per heavy atom. The highest BCUT2D eigenvalue weighted by Crippen LogP contribution is 2.28. The highest BCUT2D eigenvalue weighted by atomic mass is 32.1. The maximum Gasteiger partial charge on any atom is 0.155 e. The van der Waals surface area contributed by atoms with Crippen LogP contribution < -0.4 is 5.73 Å². The maximum atomic E-state index is 5.82. The van der Waals surface area contributed by atoms with Gasteiger partial charge in [-0.1, -0.05) is 6.07 Å². The summed E-state index contributed by atoms with van der Waals surface area (Å²) in [4.78, 5) is 11.0. The quantitative estimate of drug-likeness (QED) is 0.918. The van der Waals surface area contributed by atoms with E-state index in [0.29, 0.717) is 6.54 Å². The Morgan fingerprint density at radius 2 is 2.33 bits per heavy atom. The van der Waals surface area contributed by atoms with Gasteiger partial charge in [0.25, 0.3) is 0 Å². The Balaban J connectivity index is 1.85. The Hall–Kier alpha value is -1.69. The summed E-state index contributed by atoms with van der Waals surface area (Å²) in [7, 11) is 0. The van der Waals surface area contributed by atoms with Crippen LogP contribution in [-0.2, 0) is 11.4 Å². The molecular weight excluding hydrogens is 246 g/mol. The maximum absolute atomic E-state index is 5.82. The summed E-state index contributed by atoms with van der Waals surface area (Å²) in [6.45, 7) is 0.700. The number of nitrogens with zero attached hydrogens (tertiary/aromatic N) is 2. The number of aromatic nitrogens is 1. The molecule has 0 spiro atoms. The molecule has 3 heterocycles. The fraction of sp³-hybridized carbons (Fsp3) is 0.154. The Labute approximate surface area is 109 Å². The van der Waals surface area contributed by atoms with E-state index < -0.39 is 0 Å². The number of hydrogen-bond acceptors (Lipinski definition) is 5. The monoisotopic (exact) mass is 259 g/mol. The van der Waals surface area contributed by atoms with Crippen molar-refractivity contribution in [2.75, 3.05) is 0 Å². The zero-order valence-corrected chi connectivity index (χ0v) is 10.5. The van der Waals surface area contributed by atoms with Crippen molar-refractivity contribution in [3.8, 4) is 0 Å². The highest BCUT2D eigenvalue weighted by Gasteiger charge is 2.23. The van der Waals surface area contributed by atoms with E-state index in [1.165, 1.54) is 4.88 Å². The molecule has 0 aromatic carbocycles. The largest absolute Gasteiger partial charge is 0.301 e. The van der Waals surface area contributed by atoms with Crippen molar-refractivity contribution in [1.82, 2.24) is 10.0 Å². The van der Waals surface area contributed by atoms with Crippen LogP contribution >= 0.6 is 11.3 Å². The third-order valence-electron chi connectivity index (χ3n) is 2.68. The van der Waals surface area contributed by atoms with E-state index >= 15 is 0 Å². The van der Waals surface area contributed by atoms with Crippen LogP contribution in [0.3, 0.4) is 0 Å². The van der Waals surface area contributed by atoms with Crippen LogP contribution in [-0.4, -0.2) is 16.3 Å². The number of pyridine rings is 1. The number of thiophene rings is 1. The highest BCUT2D eigenvalue weighted by molar-refractivity contribution is 7.09. The SMILES string of the molecule is NC1C=C(c2cccnc2)N(Cc2cccs2)O1. The van der Waals surface area contributed by atoms with Gasteiger partial charge in [-0.05, 0) is 29.7 Å². The van der Waals surface area contributed by atoms with Gasteiger partial charge in [0.15, 0.2) is 6.23 Å². The molecule has 0 amide bonds. The third kappa shape index (κ3) is 2.28. The van der Waals surface area contributed by atoms with E-state index in [-0.39, 0.29) is 6.23 Å². The average Bonchev–Trinajstić information content (AvgIpc) is 3.01. The normalized spacial score (nSPS) is 19.1. The van der Waals surface area contributed by atoms with Crippen LogP contribution in [0.1, 0.15) is 10.4 Å². The van der Waals surface area contributed by atoms with Crippen molar-refractivity contribution in [2.24, 2.45) is 5.73 Å². The zero-order valence-electron chi connectivity index (χ0n) is 9.69. The number of hydrogen-bond donors (Lipinski definition) is 1. The van der Waals surface area contributed by atoms with Gasteiger partial charge < -0.3 is 5.73 Å². The van der Waals surface area contributed by atoms with Gasteiger partial charge >= 0.3 is 0 Å². The Morgan fingerprint density at radius 1 is 1.39 bits per heavy atom. The zero-order chi connectivity index (χ0) is 12.4. The summed E-state index contributed by atoms with van der Waals surface area (Å²) < 4.78 is 0. The number of nitrogens with two attached hydrogens (primary N) is 1. The first-order valence-corrected chi connectivity index (χ1v) is 6.55. The second-order valence-electron chi connectivity index (χ2n) is 3.98. The van der Waals surface area contributed by atoms with E-state index in [0.717, 1.165) is 11.3 Å². The van der Waals surface area contributed by atoms with Crippen LogP contribution in [0.15, 0.2) is 48.1 Å². The topological polar surface area (TPSA) is 51.4 Å². The molecule has 0 saturated heterocycles. The summed E-state index contributed by atoms with van der Waals surface area (Å²) in [6, 6.07) is 8.02. The molecule has 4 nitrogen and oxygen atoms in total. The molecule has 0 saturated carbocycles. The van der Waals surface area contributed by atoms with Crippen LogP contribution in [0.25, 0.3) is 5.70 Å². The van der Waals surface area contributed by atoms with Crippen LogP contribution in [0.5, 0.6) is 0 Å². The van der Waals surface area contributed by atoms with Crippen LogP contribution in [0.4, 0.5) is 0 Å². The summed E-state index contributed by atoms with van der Waals surface area (Å²) in [5.41, 5.74) is 7.82. The van der Waals surface area contributed by atoms with Gasteiger partial charge in [0.1, 0.15) is 0 Å². The molecule has 3 rings (SSSR count). The second kappa shape index (κ2) is 4.89. The van der Waals surface area contributed by atoms with E-state index in [1.54, 1.807) is 17.5 Å². The molecule has 1 aliphatic rings. The van der Waals surface area contributed by atoms with Gasteiger partial charge in [-0.15, -0.1) is 11.3 Å². The molecule has 0 bridgehead atoms. The average molecular weight is 259 g/mol. The van der Waals surface area contributed by atoms with Gasteiger partial charge in [0.2, 0.25) is 0 Å². The summed E-state index contributed by atoms with van der Waals surface area (Å²) in [5.74, 6) is 0. The van der Waals surface area contributed by atoms with Gasteiger partial charge in [0, 0.05) is 22.8 Å². The molecular formula is C13H13N3OS. The van der Waals surface area contributed by atoms with E-state index in [9.17, 15) is 0 Å². The summed E-state index contributed by atoms with van der Waals surface area (Å²) in [6.07, 6.45) is 5.09. The van der Waals surface area contributed by atoms with Gasteiger partial charge in [0.05, 0.1) is 12.2 Å². The fourth-order valence-electron chi connectivity index (χ4n) is 1.89. The molecule has 1 atom stereocenters. The standard InChI is InChI=1S/C13H13N3OS/c14-13-7-12(10-3-1-5-15-8-10)16(17-13)9-11-4-2-6-18-11/h1-8,13H,9,14H2. The first-order valence-electron chi connectivity index (χ1n) is 5.67. The minimum absolute atomic E-state index is 0.389. The molecule has 2 aromatic rings. The fourth-order valence-corrected chi connectivity index (χ4v) is 2.57. The lowest BCUT2D eigenvalue weighted by atomic mass is 10.2. The minimum Gasteiger partial charge on any atom is -0.301 e. The molecule has 18 heavy (non-hydrogen) atoms. The molecule has 1 aliphatic heterocycles. The van der Waals surface area contributed by atoms with E-state index in [2.05, 4.69) is 16.4 Å². The second-order valence-corrected chi connectivity index (χ2v) is 5.01. The molecule has 92 valence electrons. The van der Waals surface area contributed by atoms with Gasteiger partial charge in [-0.2, -0.15) is 0 Å². The smallest absolute Gasteiger partial charge is 0.155 e. The molecule has 2 N–H and O–H groups in total. The van der Waals surface area contributed by atoms with Gasteiger partial charge in [-0.25, -0.2) is 9.90 Å². The summed E-state index contributed by atoms with van der Waals surface area (Å²) >= 11 is 1.70. The van der Waals surface area contributed by atoms with Crippen molar-refractivity contribution in [1.29, 1.82) is 0 Å². The predicted molar refractivity (Wildman–Crippen MR) is 71.1 cm³/mol. The lowest BCUT2D eigenvalue weighted by molar-refractivity contribution is -0.125. The van der Waals surface area contributed by atoms with Crippen molar-refractivity contribution in [3.63, 3.8) is 0 Å². The minimum atomic E-state index is -0.389. The van der Waals surface area contributed by atoms with Crippen molar-refractivity contribution >= 4 is 17.0 Å². The lowest BCUT2D eigenvalue weighted by Gasteiger charge is -2.20. The number of rotatable bonds is 3. The van der Waals surface area contributed by atoms with E-state index in [4.69, 9.17) is 10.6 Å². The molecule has 2 aromatic heterocycles. The predicted octanol–water partition coefficient (Wildman–Crippen LogP) is 2.22. The first kappa shape index (κ1) is 11.4. The van der Waals surface area contributed by atoms with Crippen molar-refractivity contribution < 1.29 is 4.84 Å². The molecule has 0 fully saturated rings. The van der Waals surface area contributed by atoms with Crippen LogP contribution in [0, 0.1) is 0 Å². The molecule has 1 unspecified atom stereocenters. The van der Waals surface area contributed by atoms with Gasteiger partial charge in [-0.3, -0.25) is 4.98 Å². The Bertz CT molecular complexity index is 539. The van der Waals surface area contributed by atoms with Crippen molar-refractivity contribution in [3.05, 3.63) is 58.6 Å². The lowest BCUT2D eigenvalue weighted by Crippen LogP contribution is -2.24. The Kier molecular flexibility index (Phi) is 3.10. The first-order chi connectivity index (χ1) is 8.83. The van der Waals surface area contributed by atoms with Crippen molar-refractivity contribution in [2.45, 2.75) is 12.8 Å². The molecule has 0 radical (unpaired) electrons. The number of hydroxylamine groups is 2. The molecule has 5 heteroatoms. The summed E-state index contributed by atoms with van der Waals surface area (Å²) in [5, 5.41) is 3.88. The molecule has 0 aliphatic carbocycles.